The van der Waals surface area contributed by atoms with Crippen LogP contribution in [0.3, 0.4) is 0 Å². The molecule has 0 aliphatic rings. The molecule has 1 aromatic carbocycles. The Morgan fingerprint density at radius 3 is 2.88 bits per heavy atom. The van der Waals surface area contributed by atoms with Crippen LogP contribution in [0.15, 0.2) is 28.9 Å². The topological polar surface area (TPSA) is 43.8 Å². The summed E-state index contributed by atoms with van der Waals surface area (Å²) >= 11 is 11.7. The predicted octanol–water partition coefficient (Wildman–Crippen LogP) is 3.53. The molecule has 0 atom stereocenters. The summed E-state index contributed by atoms with van der Waals surface area (Å²) in [7, 11) is 0. The van der Waals surface area contributed by atoms with Crippen molar-refractivity contribution < 1.29 is 0 Å². The Kier molecular flexibility index (Phi) is 3.76. The van der Waals surface area contributed by atoms with Crippen molar-refractivity contribution >= 4 is 55.9 Å². The van der Waals surface area contributed by atoms with Crippen LogP contribution in [-0.4, -0.2) is 9.78 Å². The highest BCUT2D eigenvalue weighted by molar-refractivity contribution is 14.1. The van der Waals surface area contributed by atoms with Crippen LogP contribution in [0.5, 0.6) is 0 Å². The van der Waals surface area contributed by atoms with Crippen LogP contribution >= 0.6 is 50.1 Å². The number of benzene rings is 1. The van der Waals surface area contributed by atoms with E-state index >= 15 is 0 Å². The summed E-state index contributed by atoms with van der Waals surface area (Å²) in [6.45, 7) is 0.576. The zero-order chi connectivity index (χ0) is 11.7. The van der Waals surface area contributed by atoms with E-state index in [-0.39, 0.29) is 0 Å². The minimum Gasteiger partial charge on any atom is -0.383 e. The Labute approximate surface area is 120 Å². The van der Waals surface area contributed by atoms with Gasteiger partial charge in [0.15, 0.2) is 0 Å². The fraction of sp³-hybridized carbons (Fsp3) is 0.100. The lowest BCUT2D eigenvalue weighted by atomic mass is 10.2. The van der Waals surface area contributed by atoms with E-state index in [9.17, 15) is 0 Å². The average Bonchev–Trinajstić information content (AvgIpc) is 2.55. The van der Waals surface area contributed by atoms with Crippen LogP contribution in [0.2, 0.25) is 5.02 Å². The monoisotopic (exact) mass is 411 g/mol. The van der Waals surface area contributed by atoms with Crippen molar-refractivity contribution in [2.75, 3.05) is 5.73 Å². The molecule has 0 spiro atoms. The second-order valence-corrected chi connectivity index (χ2v) is 5.76. The molecule has 0 aliphatic heterocycles. The van der Waals surface area contributed by atoms with Crippen molar-refractivity contribution in [1.29, 1.82) is 0 Å². The fourth-order valence-electron chi connectivity index (χ4n) is 1.32. The van der Waals surface area contributed by atoms with Gasteiger partial charge in [0.25, 0.3) is 0 Å². The summed E-state index contributed by atoms with van der Waals surface area (Å²) in [5, 5.41) is 4.91. The molecule has 6 heteroatoms. The number of nitrogens with zero attached hydrogens (tertiary/aromatic N) is 2. The van der Waals surface area contributed by atoms with E-state index < -0.39 is 0 Å². The molecule has 16 heavy (non-hydrogen) atoms. The third kappa shape index (κ3) is 2.52. The molecular formula is C10H8BrClIN3. The van der Waals surface area contributed by atoms with Crippen LogP contribution in [0.1, 0.15) is 5.56 Å². The molecule has 0 bridgehead atoms. The third-order valence-corrected chi connectivity index (χ3v) is 3.85. The lowest BCUT2D eigenvalue weighted by Gasteiger charge is -2.07. The normalized spacial score (nSPS) is 10.7. The van der Waals surface area contributed by atoms with E-state index in [2.05, 4.69) is 43.6 Å². The molecule has 3 nitrogen and oxygen atoms in total. The Balaban J connectivity index is 2.33. The van der Waals surface area contributed by atoms with Gasteiger partial charge in [-0.15, -0.1) is 0 Å². The number of nitrogens with two attached hydrogens (primary N) is 1. The number of hydrogen-bond acceptors (Lipinski definition) is 2. The second-order valence-electron chi connectivity index (χ2n) is 3.27. The Bertz CT molecular complexity index is 527. The molecule has 0 saturated heterocycles. The summed E-state index contributed by atoms with van der Waals surface area (Å²) in [5.74, 6) is 0.664. The number of hydrogen-bond donors (Lipinski definition) is 1. The first kappa shape index (κ1) is 12.2. The lowest BCUT2D eigenvalue weighted by molar-refractivity contribution is 0.697. The molecule has 0 unspecified atom stereocenters. The van der Waals surface area contributed by atoms with Gasteiger partial charge in [0, 0.05) is 9.50 Å². The summed E-state index contributed by atoms with van der Waals surface area (Å²) < 4.78 is 3.67. The molecule has 0 amide bonds. The largest absolute Gasteiger partial charge is 0.383 e. The van der Waals surface area contributed by atoms with Gasteiger partial charge in [-0.05, 0) is 46.4 Å². The van der Waals surface area contributed by atoms with Crippen molar-refractivity contribution in [3.05, 3.63) is 43.0 Å². The van der Waals surface area contributed by atoms with Gasteiger partial charge in [-0.3, -0.25) is 0 Å². The summed E-state index contributed by atoms with van der Waals surface area (Å²) in [6, 6.07) is 5.73. The van der Waals surface area contributed by atoms with Gasteiger partial charge in [0.1, 0.15) is 5.82 Å². The third-order valence-electron chi connectivity index (χ3n) is 2.16. The van der Waals surface area contributed by atoms with E-state index in [1.54, 1.807) is 10.9 Å². The predicted molar refractivity (Wildman–Crippen MR) is 77.6 cm³/mol. The highest BCUT2D eigenvalue weighted by Gasteiger charge is 2.07. The molecule has 0 saturated carbocycles. The van der Waals surface area contributed by atoms with Gasteiger partial charge in [0.05, 0.1) is 16.3 Å². The van der Waals surface area contributed by atoms with Crippen molar-refractivity contribution in [2.24, 2.45) is 0 Å². The molecule has 0 fully saturated rings. The van der Waals surface area contributed by atoms with Crippen molar-refractivity contribution in [1.82, 2.24) is 9.78 Å². The van der Waals surface area contributed by atoms with Crippen LogP contribution in [0, 0.1) is 3.57 Å². The molecule has 84 valence electrons. The molecule has 0 aliphatic carbocycles. The molecule has 2 N–H and O–H groups in total. The number of rotatable bonds is 2. The summed E-state index contributed by atoms with van der Waals surface area (Å²) in [5.41, 5.74) is 6.86. The quantitative estimate of drug-likeness (QED) is 0.767. The van der Waals surface area contributed by atoms with Crippen LogP contribution in [0.4, 0.5) is 5.82 Å². The molecule has 1 heterocycles. The zero-order valence-electron chi connectivity index (χ0n) is 8.12. The highest BCUT2D eigenvalue weighted by Crippen LogP contribution is 2.23. The summed E-state index contributed by atoms with van der Waals surface area (Å²) in [6.07, 6.45) is 1.74. The number of aromatic nitrogens is 2. The molecular weight excluding hydrogens is 404 g/mol. The second kappa shape index (κ2) is 4.93. The molecule has 0 radical (unpaired) electrons. The fourth-order valence-corrected chi connectivity index (χ4v) is 2.31. The van der Waals surface area contributed by atoms with E-state index in [4.69, 9.17) is 17.3 Å². The minimum absolute atomic E-state index is 0.576. The maximum absolute atomic E-state index is 6.10. The van der Waals surface area contributed by atoms with Crippen LogP contribution in [0.25, 0.3) is 0 Å². The van der Waals surface area contributed by atoms with Crippen molar-refractivity contribution in [3.8, 4) is 0 Å². The lowest BCUT2D eigenvalue weighted by Crippen LogP contribution is -2.06. The SMILES string of the molecule is Nc1c(I)cnn1Cc1cc(Br)ccc1Cl. The number of halogens is 3. The van der Waals surface area contributed by atoms with Gasteiger partial charge in [0.2, 0.25) is 0 Å². The first-order chi connectivity index (χ1) is 7.58. The minimum atomic E-state index is 0.576. The number of anilines is 1. The van der Waals surface area contributed by atoms with E-state index in [1.165, 1.54) is 0 Å². The Morgan fingerprint density at radius 2 is 2.25 bits per heavy atom. The summed E-state index contributed by atoms with van der Waals surface area (Å²) in [4.78, 5) is 0. The van der Waals surface area contributed by atoms with Gasteiger partial charge in [-0.2, -0.15) is 5.10 Å². The standard InChI is InChI=1S/C10H8BrClIN3/c11-7-1-2-8(12)6(3-7)5-16-10(14)9(13)4-15-16/h1-4H,5,14H2. The number of nitrogen functional groups attached to an aromatic ring is 1. The van der Waals surface area contributed by atoms with Gasteiger partial charge in [-0.1, -0.05) is 27.5 Å². The van der Waals surface area contributed by atoms with Crippen LogP contribution in [-0.2, 0) is 6.54 Å². The maximum Gasteiger partial charge on any atom is 0.135 e. The van der Waals surface area contributed by atoms with Gasteiger partial charge < -0.3 is 5.73 Å². The average molecular weight is 412 g/mol. The van der Waals surface area contributed by atoms with E-state index in [1.807, 2.05) is 18.2 Å². The molecule has 1 aromatic heterocycles. The Morgan fingerprint density at radius 1 is 1.50 bits per heavy atom. The van der Waals surface area contributed by atoms with E-state index in [0.29, 0.717) is 17.4 Å². The van der Waals surface area contributed by atoms with Gasteiger partial charge in [-0.25, -0.2) is 4.68 Å². The van der Waals surface area contributed by atoms with Gasteiger partial charge >= 0.3 is 0 Å². The zero-order valence-corrected chi connectivity index (χ0v) is 12.6. The first-order valence-electron chi connectivity index (χ1n) is 4.48. The van der Waals surface area contributed by atoms with Crippen LogP contribution < -0.4 is 5.73 Å². The Hall–Kier alpha value is -0.270. The molecule has 2 aromatic rings. The maximum atomic E-state index is 6.10. The molecule has 2 rings (SSSR count). The smallest absolute Gasteiger partial charge is 0.135 e. The highest BCUT2D eigenvalue weighted by atomic mass is 127. The van der Waals surface area contributed by atoms with Crippen molar-refractivity contribution in [3.63, 3.8) is 0 Å². The first-order valence-corrected chi connectivity index (χ1v) is 6.73. The van der Waals surface area contributed by atoms with Crippen molar-refractivity contribution in [2.45, 2.75) is 6.54 Å². The van der Waals surface area contributed by atoms with E-state index in [0.717, 1.165) is 13.6 Å².